The van der Waals surface area contributed by atoms with E-state index in [4.69, 9.17) is 21.1 Å². The molecular weight excluding hydrogens is 356 g/mol. The largest absolute Gasteiger partial charge is 0.466 e. The highest BCUT2D eigenvalue weighted by atomic mass is 35.5. The van der Waals surface area contributed by atoms with Crippen molar-refractivity contribution < 1.29 is 14.3 Å². The summed E-state index contributed by atoms with van der Waals surface area (Å²) < 4.78 is 11.4. The van der Waals surface area contributed by atoms with Crippen LogP contribution in [0.5, 0.6) is 5.88 Å². The van der Waals surface area contributed by atoms with Crippen LogP contribution in [0.1, 0.15) is 18.4 Å². The molecule has 1 fully saturated rings. The van der Waals surface area contributed by atoms with E-state index in [1.165, 1.54) is 30.2 Å². The summed E-state index contributed by atoms with van der Waals surface area (Å²) in [5, 5.41) is 0.584. The molecule has 0 radical (unpaired) electrons. The van der Waals surface area contributed by atoms with Crippen LogP contribution >= 0.6 is 34.7 Å². The molecule has 2 heterocycles. The lowest BCUT2D eigenvalue weighted by Crippen LogP contribution is -2.31. The highest BCUT2D eigenvalue weighted by Gasteiger charge is 2.54. The smallest absolute Gasteiger partial charge is 0.350 e. The first-order valence-corrected chi connectivity index (χ1v) is 9.36. The number of hydrogen-bond donors (Lipinski definition) is 0. The number of methoxy groups -OCH3 is 1. The highest BCUT2D eigenvalue weighted by Crippen LogP contribution is 2.42. The quantitative estimate of drug-likeness (QED) is 0.451. The first-order valence-electron chi connectivity index (χ1n) is 6.94. The molecule has 2 aromatic rings. The maximum atomic E-state index is 11.8. The van der Waals surface area contributed by atoms with Gasteiger partial charge in [0.1, 0.15) is 0 Å². The number of aromatic nitrogens is 2. The maximum Gasteiger partial charge on any atom is 0.350 e. The zero-order valence-corrected chi connectivity index (χ0v) is 15.3. The molecule has 3 rings (SSSR count). The number of rotatable bonds is 5. The van der Waals surface area contributed by atoms with Gasteiger partial charge in [0.25, 0.3) is 0 Å². The number of carbonyl (C=O) groups is 1. The second-order valence-corrected chi connectivity index (χ2v) is 7.66. The molecule has 0 bridgehead atoms. The Hall–Kier alpha value is -1.31. The molecule has 0 saturated heterocycles. The topological polar surface area (TPSA) is 61.3 Å². The minimum Gasteiger partial charge on any atom is -0.466 e. The molecule has 5 nitrogen and oxygen atoms in total. The van der Waals surface area contributed by atoms with Crippen LogP contribution in [-0.2, 0) is 9.53 Å². The van der Waals surface area contributed by atoms with E-state index in [1.807, 2.05) is 19.2 Å². The van der Waals surface area contributed by atoms with Crippen LogP contribution in [0, 0.1) is 6.92 Å². The normalized spacial score (nSPS) is 15.3. The predicted molar refractivity (Wildman–Crippen MR) is 91.5 cm³/mol. The predicted octanol–water partition coefficient (Wildman–Crippen LogP) is 3.97. The van der Waals surface area contributed by atoms with Gasteiger partial charge in [0.05, 0.1) is 22.0 Å². The fourth-order valence-electron chi connectivity index (χ4n) is 2.11. The summed E-state index contributed by atoms with van der Waals surface area (Å²) >= 11 is 9.02. The molecule has 0 unspecified atom stereocenters. The second kappa shape index (κ2) is 6.30. The number of aryl methyl sites for hydroxylation is 1. The zero-order chi connectivity index (χ0) is 16.6. The molecule has 2 aromatic heterocycles. The summed E-state index contributed by atoms with van der Waals surface area (Å²) in [5.41, 5.74) is 0.852. The molecule has 0 amide bonds. The van der Waals surface area contributed by atoms with Gasteiger partial charge in [0, 0.05) is 18.9 Å². The van der Waals surface area contributed by atoms with Crippen molar-refractivity contribution in [1.29, 1.82) is 0 Å². The van der Waals surface area contributed by atoms with E-state index in [0.29, 0.717) is 23.9 Å². The Labute approximate surface area is 147 Å². The average molecular weight is 371 g/mol. The fourth-order valence-corrected chi connectivity index (χ4v) is 3.64. The van der Waals surface area contributed by atoms with Crippen molar-refractivity contribution in [1.82, 2.24) is 9.97 Å². The number of thioether (sulfide) groups is 1. The number of ether oxygens (including phenoxy) is 2. The third-order valence-electron chi connectivity index (χ3n) is 3.54. The van der Waals surface area contributed by atoms with Crippen molar-refractivity contribution in [2.75, 3.05) is 13.4 Å². The molecule has 1 aliphatic rings. The summed E-state index contributed by atoms with van der Waals surface area (Å²) in [4.78, 5) is 21.6. The molecule has 23 heavy (non-hydrogen) atoms. The SMILES string of the molecule is COC(=O)C1(Oc2cc(-c3cc(C)c(Cl)s3)nc(SC)n2)CC1. The van der Waals surface area contributed by atoms with Crippen LogP contribution in [0.2, 0.25) is 4.34 Å². The van der Waals surface area contributed by atoms with Crippen molar-refractivity contribution in [2.45, 2.75) is 30.5 Å². The van der Waals surface area contributed by atoms with Crippen molar-refractivity contribution >= 4 is 40.7 Å². The van der Waals surface area contributed by atoms with Crippen molar-refractivity contribution in [3.8, 4) is 16.5 Å². The Morgan fingerprint density at radius 1 is 1.39 bits per heavy atom. The van der Waals surface area contributed by atoms with Crippen LogP contribution in [0.25, 0.3) is 10.6 Å². The van der Waals surface area contributed by atoms with Crippen molar-refractivity contribution in [3.05, 3.63) is 22.0 Å². The Bertz CT molecular complexity index is 740. The van der Waals surface area contributed by atoms with Gasteiger partial charge in [-0.3, -0.25) is 0 Å². The molecule has 1 aliphatic carbocycles. The van der Waals surface area contributed by atoms with Gasteiger partial charge < -0.3 is 9.47 Å². The van der Waals surface area contributed by atoms with E-state index in [0.717, 1.165) is 20.5 Å². The molecule has 0 N–H and O–H groups in total. The van der Waals surface area contributed by atoms with Crippen LogP contribution < -0.4 is 4.74 Å². The van der Waals surface area contributed by atoms with Gasteiger partial charge in [-0.05, 0) is 24.8 Å². The van der Waals surface area contributed by atoms with Crippen LogP contribution in [0.4, 0.5) is 0 Å². The molecule has 0 spiro atoms. The van der Waals surface area contributed by atoms with Crippen LogP contribution in [0.3, 0.4) is 0 Å². The number of carbonyl (C=O) groups excluding carboxylic acids is 1. The van der Waals surface area contributed by atoms with E-state index < -0.39 is 5.60 Å². The number of esters is 1. The molecule has 8 heteroatoms. The molecule has 1 saturated carbocycles. The number of hydrogen-bond acceptors (Lipinski definition) is 7. The molecule has 0 aromatic carbocycles. The minimum absolute atomic E-state index is 0.363. The Morgan fingerprint density at radius 3 is 2.65 bits per heavy atom. The summed E-state index contributed by atoms with van der Waals surface area (Å²) in [6, 6.07) is 3.72. The second-order valence-electron chi connectivity index (χ2n) is 5.23. The lowest BCUT2D eigenvalue weighted by atomic mass is 10.3. The monoisotopic (exact) mass is 370 g/mol. The Kier molecular flexibility index (Phi) is 4.53. The minimum atomic E-state index is -0.890. The van der Waals surface area contributed by atoms with Gasteiger partial charge in [-0.1, -0.05) is 23.4 Å². The molecule has 0 aliphatic heterocycles. The number of thiophene rings is 1. The van der Waals surface area contributed by atoms with Gasteiger partial charge >= 0.3 is 5.97 Å². The summed E-state index contributed by atoms with van der Waals surface area (Å²) in [6.45, 7) is 1.95. The third kappa shape index (κ3) is 3.32. The van der Waals surface area contributed by atoms with Crippen molar-refractivity contribution in [3.63, 3.8) is 0 Å². The van der Waals surface area contributed by atoms with Gasteiger partial charge in [-0.2, -0.15) is 4.98 Å². The Morgan fingerprint density at radius 2 is 2.13 bits per heavy atom. The third-order valence-corrected chi connectivity index (χ3v) is 5.66. The van der Waals surface area contributed by atoms with E-state index in [-0.39, 0.29) is 5.97 Å². The summed E-state index contributed by atoms with van der Waals surface area (Å²) in [7, 11) is 1.36. The van der Waals surface area contributed by atoms with Crippen LogP contribution in [-0.4, -0.2) is 34.9 Å². The molecule has 122 valence electrons. The van der Waals surface area contributed by atoms with E-state index >= 15 is 0 Å². The highest BCUT2D eigenvalue weighted by molar-refractivity contribution is 7.98. The van der Waals surface area contributed by atoms with Gasteiger partial charge in [-0.15, -0.1) is 11.3 Å². The first kappa shape index (κ1) is 16.5. The molecule has 0 atom stereocenters. The zero-order valence-electron chi connectivity index (χ0n) is 12.9. The fraction of sp³-hybridized carbons (Fsp3) is 0.400. The molecular formula is C15H15ClN2O3S2. The average Bonchev–Trinajstić information content (AvgIpc) is 3.25. The number of halogens is 1. The summed E-state index contributed by atoms with van der Waals surface area (Å²) in [5.74, 6) is 0.0165. The number of nitrogens with zero attached hydrogens (tertiary/aromatic N) is 2. The van der Waals surface area contributed by atoms with Crippen LogP contribution in [0.15, 0.2) is 17.3 Å². The first-order chi connectivity index (χ1) is 11.0. The van der Waals surface area contributed by atoms with E-state index in [2.05, 4.69) is 9.97 Å². The maximum absolute atomic E-state index is 11.8. The lowest BCUT2D eigenvalue weighted by molar-refractivity contribution is -0.151. The van der Waals surface area contributed by atoms with Crippen molar-refractivity contribution in [2.24, 2.45) is 0 Å². The van der Waals surface area contributed by atoms with E-state index in [1.54, 1.807) is 6.07 Å². The lowest BCUT2D eigenvalue weighted by Gasteiger charge is -2.15. The Balaban J connectivity index is 1.95. The van der Waals surface area contributed by atoms with Gasteiger partial charge in [-0.25, -0.2) is 9.78 Å². The standard InChI is InChI=1S/C15H15ClN2O3S2/c1-8-6-10(23-12(8)16)9-7-11(18-14(17-9)22-3)21-15(4-5-15)13(19)20-2/h6-7H,4-5H2,1-3H3. The van der Waals surface area contributed by atoms with Gasteiger partial charge in [0.2, 0.25) is 11.5 Å². The van der Waals surface area contributed by atoms with Gasteiger partial charge in [0.15, 0.2) is 5.16 Å². The van der Waals surface area contributed by atoms with E-state index in [9.17, 15) is 4.79 Å². The summed E-state index contributed by atoms with van der Waals surface area (Å²) in [6.07, 6.45) is 3.16.